The lowest BCUT2D eigenvalue weighted by atomic mass is 9.95. The summed E-state index contributed by atoms with van der Waals surface area (Å²) in [4.78, 5) is 10.7. The van der Waals surface area contributed by atoms with E-state index in [1.165, 1.54) is 0 Å². The predicted molar refractivity (Wildman–Crippen MR) is 66.9 cm³/mol. The van der Waals surface area contributed by atoms with Gasteiger partial charge >= 0.3 is 0 Å². The lowest BCUT2D eigenvalue weighted by molar-refractivity contribution is 0.0444. The van der Waals surface area contributed by atoms with Gasteiger partial charge in [-0.3, -0.25) is 0 Å². The van der Waals surface area contributed by atoms with Crippen LogP contribution >= 0.6 is 0 Å². The lowest BCUT2D eigenvalue weighted by Crippen LogP contribution is -2.46. The van der Waals surface area contributed by atoms with E-state index >= 15 is 0 Å². The van der Waals surface area contributed by atoms with Crippen molar-refractivity contribution in [3.8, 4) is 0 Å². The number of rotatable bonds is 3. The molecule has 0 radical (unpaired) electrons. The van der Waals surface area contributed by atoms with E-state index < -0.39 is 5.60 Å². The first-order valence-electron chi connectivity index (χ1n) is 6.03. The molecule has 2 N–H and O–H groups in total. The van der Waals surface area contributed by atoms with Gasteiger partial charge in [-0.15, -0.1) is 0 Å². The first-order chi connectivity index (χ1) is 8.11. The summed E-state index contributed by atoms with van der Waals surface area (Å²) in [5.74, 6) is 0.713. The summed E-state index contributed by atoms with van der Waals surface area (Å²) >= 11 is 0. The van der Waals surface area contributed by atoms with E-state index in [1.807, 2.05) is 31.3 Å². The van der Waals surface area contributed by atoms with Gasteiger partial charge < -0.3 is 15.3 Å². The molecule has 0 saturated carbocycles. The summed E-state index contributed by atoms with van der Waals surface area (Å²) in [5.41, 5.74) is 0.450. The normalized spacial score (nSPS) is 25.0. The van der Waals surface area contributed by atoms with E-state index in [1.54, 1.807) is 0 Å². The molecule has 0 spiro atoms. The molecular weight excluding hydrogens is 216 g/mol. The zero-order valence-corrected chi connectivity index (χ0v) is 10.5. The number of nitrogens with zero attached hydrogens (tertiary/aromatic N) is 3. The standard InChI is InChI=1S/C12H20N4O/c1-12(17)4-3-5-16(9-12)11-14-7-10(6-13-2)8-15-11/h7-8,13,17H,3-6,9H2,1-2H3. The van der Waals surface area contributed by atoms with Crippen molar-refractivity contribution in [3.05, 3.63) is 18.0 Å². The number of anilines is 1. The van der Waals surface area contributed by atoms with Gasteiger partial charge in [0.1, 0.15) is 0 Å². The van der Waals surface area contributed by atoms with Gasteiger partial charge in [-0.2, -0.15) is 0 Å². The van der Waals surface area contributed by atoms with Crippen molar-refractivity contribution in [2.24, 2.45) is 0 Å². The molecule has 1 aliphatic heterocycles. The zero-order chi connectivity index (χ0) is 12.3. The van der Waals surface area contributed by atoms with Crippen LogP contribution < -0.4 is 10.2 Å². The van der Waals surface area contributed by atoms with Crippen LogP contribution in [0.1, 0.15) is 25.3 Å². The molecular formula is C12H20N4O. The molecule has 1 aliphatic rings. The van der Waals surface area contributed by atoms with Crippen LogP contribution in [0, 0.1) is 0 Å². The molecule has 0 amide bonds. The van der Waals surface area contributed by atoms with Gasteiger partial charge in [-0.25, -0.2) is 9.97 Å². The van der Waals surface area contributed by atoms with Gasteiger partial charge in [0.2, 0.25) is 5.95 Å². The highest BCUT2D eigenvalue weighted by Crippen LogP contribution is 2.22. The molecule has 1 unspecified atom stereocenters. The second-order valence-corrected chi connectivity index (χ2v) is 4.94. The van der Waals surface area contributed by atoms with Gasteiger partial charge in [-0.1, -0.05) is 0 Å². The zero-order valence-electron chi connectivity index (χ0n) is 10.5. The number of aromatic nitrogens is 2. The fraction of sp³-hybridized carbons (Fsp3) is 0.667. The van der Waals surface area contributed by atoms with E-state index in [9.17, 15) is 5.11 Å². The van der Waals surface area contributed by atoms with Crippen LogP contribution in [0.15, 0.2) is 12.4 Å². The lowest BCUT2D eigenvalue weighted by Gasteiger charge is -2.36. The molecule has 17 heavy (non-hydrogen) atoms. The Kier molecular flexibility index (Phi) is 3.59. The van der Waals surface area contributed by atoms with Gasteiger partial charge in [0.05, 0.1) is 5.60 Å². The van der Waals surface area contributed by atoms with Crippen LogP contribution in [0.3, 0.4) is 0 Å². The Hall–Kier alpha value is -1.20. The van der Waals surface area contributed by atoms with E-state index in [0.29, 0.717) is 12.5 Å². The number of piperidine rings is 1. The van der Waals surface area contributed by atoms with Gasteiger partial charge in [-0.05, 0) is 26.8 Å². The molecule has 94 valence electrons. The molecule has 1 fully saturated rings. The average Bonchev–Trinajstić information content (AvgIpc) is 2.29. The molecule has 2 heterocycles. The molecule has 0 aliphatic carbocycles. The Morgan fingerprint density at radius 2 is 2.18 bits per heavy atom. The minimum absolute atomic E-state index is 0.609. The fourth-order valence-electron chi connectivity index (χ4n) is 2.20. The maximum Gasteiger partial charge on any atom is 0.225 e. The third-order valence-electron chi connectivity index (χ3n) is 3.03. The molecule has 1 aromatic heterocycles. The maximum atomic E-state index is 10.0. The van der Waals surface area contributed by atoms with Gasteiger partial charge in [0.15, 0.2) is 0 Å². The number of aliphatic hydroxyl groups is 1. The maximum absolute atomic E-state index is 10.0. The van der Waals surface area contributed by atoms with Crippen molar-refractivity contribution in [1.82, 2.24) is 15.3 Å². The summed E-state index contributed by atoms with van der Waals surface area (Å²) in [6, 6.07) is 0. The van der Waals surface area contributed by atoms with Crippen LogP contribution in [0.25, 0.3) is 0 Å². The van der Waals surface area contributed by atoms with Gasteiger partial charge in [0.25, 0.3) is 0 Å². The van der Waals surface area contributed by atoms with Crippen LogP contribution in [0.5, 0.6) is 0 Å². The Morgan fingerprint density at radius 1 is 1.47 bits per heavy atom. The second kappa shape index (κ2) is 4.98. The summed E-state index contributed by atoms with van der Waals surface area (Å²) in [6.07, 6.45) is 5.50. The molecule has 1 aromatic rings. The predicted octanol–water partition coefficient (Wildman–Crippen LogP) is 0.547. The highest BCUT2D eigenvalue weighted by molar-refractivity contribution is 5.31. The molecule has 5 nitrogen and oxygen atoms in total. The minimum atomic E-state index is -0.620. The van der Waals surface area contributed by atoms with Crippen molar-refractivity contribution >= 4 is 5.95 Å². The fourth-order valence-corrected chi connectivity index (χ4v) is 2.20. The van der Waals surface area contributed by atoms with Crippen LogP contribution in [-0.2, 0) is 6.54 Å². The van der Waals surface area contributed by atoms with Crippen molar-refractivity contribution in [2.75, 3.05) is 25.0 Å². The Balaban J connectivity index is 2.06. The quantitative estimate of drug-likeness (QED) is 0.802. The first kappa shape index (κ1) is 12.3. The van der Waals surface area contributed by atoms with Crippen LogP contribution in [0.4, 0.5) is 5.95 Å². The SMILES string of the molecule is CNCc1cnc(N2CCCC(C)(O)C2)nc1. The molecule has 0 aromatic carbocycles. The molecule has 5 heteroatoms. The van der Waals surface area contributed by atoms with Crippen molar-refractivity contribution in [2.45, 2.75) is 31.9 Å². The van der Waals surface area contributed by atoms with Gasteiger partial charge in [0, 0.05) is 37.6 Å². The minimum Gasteiger partial charge on any atom is -0.388 e. The molecule has 2 rings (SSSR count). The van der Waals surface area contributed by atoms with E-state index in [4.69, 9.17) is 0 Å². The summed E-state index contributed by atoms with van der Waals surface area (Å²) in [5, 5.41) is 13.1. The molecule has 1 atom stereocenters. The number of hydrogen-bond donors (Lipinski definition) is 2. The molecule has 1 saturated heterocycles. The van der Waals surface area contributed by atoms with Crippen molar-refractivity contribution < 1.29 is 5.11 Å². The second-order valence-electron chi connectivity index (χ2n) is 4.94. The Morgan fingerprint density at radius 3 is 2.76 bits per heavy atom. The monoisotopic (exact) mass is 236 g/mol. The topological polar surface area (TPSA) is 61.3 Å². The summed E-state index contributed by atoms with van der Waals surface area (Å²) < 4.78 is 0. The highest BCUT2D eigenvalue weighted by Gasteiger charge is 2.29. The van der Waals surface area contributed by atoms with Crippen molar-refractivity contribution in [3.63, 3.8) is 0 Å². The molecule has 0 bridgehead atoms. The van der Waals surface area contributed by atoms with Crippen LogP contribution in [0.2, 0.25) is 0 Å². The van der Waals surface area contributed by atoms with E-state index in [0.717, 1.165) is 31.5 Å². The van der Waals surface area contributed by atoms with Crippen molar-refractivity contribution in [1.29, 1.82) is 0 Å². The third kappa shape index (κ3) is 3.14. The Bertz CT molecular complexity index is 363. The highest BCUT2D eigenvalue weighted by atomic mass is 16.3. The average molecular weight is 236 g/mol. The van der Waals surface area contributed by atoms with E-state index in [-0.39, 0.29) is 0 Å². The van der Waals surface area contributed by atoms with E-state index in [2.05, 4.69) is 15.3 Å². The number of β-amino-alcohol motifs (C(OH)–C–C–N with tert-alkyl or cyclic N) is 1. The Labute approximate surface area is 102 Å². The first-order valence-corrected chi connectivity index (χ1v) is 6.03. The van der Waals surface area contributed by atoms with Crippen LogP contribution in [-0.4, -0.2) is 40.8 Å². The summed E-state index contributed by atoms with van der Waals surface area (Å²) in [7, 11) is 1.90. The number of nitrogens with one attached hydrogen (secondary N) is 1. The summed E-state index contributed by atoms with van der Waals surface area (Å²) in [6.45, 7) is 4.17. The number of hydrogen-bond acceptors (Lipinski definition) is 5. The largest absolute Gasteiger partial charge is 0.388 e. The smallest absolute Gasteiger partial charge is 0.225 e. The third-order valence-corrected chi connectivity index (χ3v) is 3.03.